The number of Topliss-reactive ketones (excluding diaryl/α,β-unsaturated/α-hetero) is 1. The first kappa shape index (κ1) is 52.2. The molecule has 77 heavy (non-hydrogen) atoms. The van der Waals surface area contributed by atoms with Crippen LogP contribution in [0, 0.1) is 46.8 Å². The average Bonchev–Trinajstić information content (AvgIpc) is 4.19. The minimum Gasteiger partial charge on any atom is -0.504 e. The number of nitrogens with one attached hydrogen (secondary N) is 3. The molecule has 2 bridgehead atoms. The quantitative estimate of drug-likeness (QED) is 0.0313. The Kier molecular flexibility index (Phi) is 14.6. The number of carbonyl (C=O) groups is 3. The fraction of sp³-hybridized carbons (Fsp3) is 0.468. The van der Waals surface area contributed by atoms with Crippen LogP contribution in [0.5, 0.6) is 23.0 Å². The zero-order chi connectivity index (χ0) is 53.6. The summed E-state index contributed by atoms with van der Waals surface area (Å²) in [6.45, 7) is 2.42. The van der Waals surface area contributed by atoms with Crippen molar-refractivity contribution in [3.05, 3.63) is 113 Å². The summed E-state index contributed by atoms with van der Waals surface area (Å²) in [5.74, 6) is 4.66. The van der Waals surface area contributed by atoms with Crippen LogP contribution >= 0.6 is 0 Å². The number of aromatic nitrogens is 3. The van der Waals surface area contributed by atoms with Gasteiger partial charge in [-0.3, -0.25) is 9.59 Å². The Balaban J connectivity index is 1.07. The summed E-state index contributed by atoms with van der Waals surface area (Å²) in [6.07, 6.45) is 9.67. The van der Waals surface area contributed by atoms with Gasteiger partial charge in [0.2, 0.25) is 0 Å². The van der Waals surface area contributed by atoms with Gasteiger partial charge >= 0.3 is 5.97 Å². The summed E-state index contributed by atoms with van der Waals surface area (Å²) in [6, 6.07) is 20.8. The van der Waals surface area contributed by atoms with Gasteiger partial charge in [0, 0.05) is 72.7 Å². The van der Waals surface area contributed by atoms with E-state index in [1.54, 1.807) is 25.1 Å². The van der Waals surface area contributed by atoms with E-state index >= 15 is 4.79 Å². The highest BCUT2D eigenvalue weighted by molar-refractivity contribution is 5.94. The molecule has 15 nitrogen and oxygen atoms in total. The predicted octanol–water partition coefficient (Wildman–Crippen LogP) is 8.03. The molecule has 0 saturated heterocycles. The summed E-state index contributed by atoms with van der Waals surface area (Å²) in [4.78, 5) is 50.3. The van der Waals surface area contributed by atoms with Gasteiger partial charge < -0.3 is 64.4 Å². The van der Waals surface area contributed by atoms with Crippen LogP contribution in [0.3, 0.4) is 0 Å². The Morgan fingerprint density at radius 1 is 0.987 bits per heavy atom. The molecule has 0 amide bonds. The first-order valence-electron chi connectivity index (χ1n) is 27.4. The molecule has 4 aliphatic carbocycles. The molecule has 6 aromatic rings. The molecule has 11 rings (SSSR count). The molecule has 3 fully saturated rings. The van der Waals surface area contributed by atoms with E-state index in [1.807, 2.05) is 30.5 Å². The van der Waals surface area contributed by atoms with Crippen LogP contribution in [0.15, 0.2) is 85.2 Å². The number of aliphatic hydroxyl groups excluding tert-OH is 3. The monoisotopic (exact) mass is 1050 g/mol. The molecule has 11 atom stereocenters. The smallest absolute Gasteiger partial charge is 0.318 e. The molecule has 3 saturated carbocycles. The third-order valence-corrected chi connectivity index (χ3v) is 18.1. The second-order valence-electron chi connectivity index (χ2n) is 22.8. The number of aldehydes is 1. The van der Waals surface area contributed by atoms with Crippen molar-refractivity contribution in [2.75, 3.05) is 26.9 Å². The van der Waals surface area contributed by atoms with E-state index in [2.05, 4.69) is 62.2 Å². The SMILES string of the molecule is COc1cc2c(cc1O)C1=CC3CC4(CC(Cn5ccc6[nH]ccc65)(NCC(C)O)CC4C=O)C4CC(O)CCC4C3C2CC(=O)CC(CCc2ccc(O)c(OCCO)c2)OC(=O)CC#CCc2c1[nH]c1ccccc21. The lowest BCUT2D eigenvalue weighted by Gasteiger charge is -2.58. The number of benzene rings is 3. The number of hydrogen-bond donors (Lipinski definition) is 8. The number of aromatic hydroxyl groups is 2. The van der Waals surface area contributed by atoms with Gasteiger partial charge in [0.05, 0.1) is 42.7 Å². The molecular formula is C62H70N4O11. The molecule has 5 aliphatic rings. The van der Waals surface area contributed by atoms with Crippen molar-refractivity contribution in [2.45, 2.75) is 120 Å². The standard InChI is InChI=1S/C62H70N4O11/c1-36(69)32-64-61(35-66-20-18-52-53(66)17-19-63-52)31-39(33-68)62(34-61)30-38-24-49-46-28-55(73)56(75-2)29-47(46)48(59(38)45-15-13-40(70)27-50(45)62)26-41(71)25-42(14-11-37-12-16-54(72)57(23-37)76-22-21-67)77-58(74)10-6-4-8-44-43-7-3-5-9-51(43)65-60(44)49/h3,5,7,9,12,16-20,23-24,28-29,33,36,38-40,42,45,48,50,59,63-65,67,69-70,72-73H,8,10-11,13-15,21-22,25-27,30-32,34-35H2,1-2H3. The van der Waals surface area contributed by atoms with Crippen molar-refractivity contribution >= 4 is 45.5 Å². The number of β-amino-alcohol motifs (C(OH)–C–C–N with tert-alkyl or cyclic N) is 1. The maximum absolute atomic E-state index is 15.3. The molecule has 3 aromatic heterocycles. The number of rotatable bonds is 13. The number of aliphatic hydroxyl groups is 3. The zero-order valence-electron chi connectivity index (χ0n) is 43.8. The highest BCUT2D eigenvalue weighted by Gasteiger charge is 2.65. The summed E-state index contributed by atoms with van der Waals surface area (Å²) in [5, 5.41) is 59.2. The Labute approximate surface area is 448 Å². The van der Waals surface area contributed by atoms with Crippen LogP contribution in [0.4, 0.5) is 0 Å². The Bertz CT molecular complexity index is 3280. The number of carbonyl (C=O) groups excluding carboxylic acids is 3. The van der Waals surface area contributed by atoms with Gasteiger partial charge in [-0.05, 0) is 158 Å². The lowest BCUT2D eigenvalue weighted by Crippen LogP contribution is -2.55. The second-order valence-corrected chi connectivity index (χ2v) is 22.8. The maximum atomic E-state index is 15.3. The number of ether oxygens (including phenoxy) is 3. The summed E-state index contributed by atoms with van der Waals surface area (Å²) < 4.78 is 19.9. The number of phenols is 2. The van der Waals surface area contributed by atoms with Crippen LogP contribution in [0.1, 0.15) is 105 Å². The van der Waals surface area contributed by atoms with E-state index in [9.17, 15) is 35.1 Å². The number of methoxy groups -OCH3 is 1. The van der Waals surface area contributed by atoms with E-state index in [0.717, 1.165) is 61.7 Å². The zero-order valence-corrected chi connectivity index (χ0v) is 43.8. The first-order chi connectivity index (χ1) is 37.3. The number of esters is 1. The van der Waals surface area contributed by atoms with E-state index in [-0.39, 0.29) is 97.8 Å². The summed E-state index contributed by atoms with van der Waals surface area (Å²) >= 11 is 0. The second kappa shape index (κ2) is 21.5. The number of fused-ring (bicyclic) bond motifs is 10. The molecule has 3 aromatic carbocycles. The molecule has 11 unspecified atom stereocenters. The third-order valence-electron chi connectivity index (χ3n) is 18.1. The van der Waals surface area contributed by atoms with E-state index < -0.39 is 47.1 Å². The van der Waals surface area contributed by atoms with E-state index in [0.29, 0.717) is 58.0 Å². The van der Waals surface area contributed by atoms with Crippen LogP contribution in [-0.4, -0.2) is 109 Å². The number of aryl methyl sites for hydroxylation is 1. The molecule has 404 valence electrons. The first-order valence-corrected chi connectivity index (χ1v) is 27.4. The Morgan fingerprint density at radius 3 is 2.65 bits per heavy atom. The van der Waals surface area contributed by atoms with Crippen LogP contribution in [0.2, 0.25) is 0 Å². The van der Waals surface area contributed by atoms with Crippen molar-refractivity contribution in [2.24, 2.45) is 35.0 Å². The van der Waals surface area contributed by atoms with Gasteiger partial charge in [-0.15, -0.1) is 0 Å². The van der Waals surface area contributed by atoms with Crippen molar-refractivity contribution < 1.29 is 54.1 Å². The number of ketones is 1. The normalized spacial score (nSPS) is 28.6. The lowest BCUT2D eigenvalue weighted by molar-refractivity contribution is -0.149. The van der Waals surface area contributed by atoms with Crippen molar-refractivity contribution in [1.82, 2.24) is 19.9 Å². The highest BCUT2D eigenvalue weighted by Crippen LogP contribution is 2.68. The maximum Gasteiger partial charge on any atom is 0.318 e. The molecule has 0 radical (unpaired) electrons. The van der Waals surface area contributed by atoms with Crippen LogP contribution < -0.4 is 14.8 Å². The number of para-hydroxylation sites is 1. The lowest BCUT2D eigenvalue weighted by atomic mass is 9.46. The topological polar surface area (TPSA) is 229 Å². The van der Waals surface area contributed by atoms with Gasteiger partial charge in [0.15, 0.2) is 23.0 Å². The van der Waals surface area contributed by atoms with Gasteiger partial charge in [-0.25, -0.2) is 0 Å². The van der Waals surface area contributed by atoms with Crippen LogP contribution in [-0.2, 0) is 38.5 Å². The minimum atomic E-state index is -0.821. The molecule has 1 spiro atoms. The third kappa shape index (κ3) is 10.1. The number of H-pyrrole nitrogens is 2. The number of nitrogens with zero attached hydrogens (tertiary/aromatic N) is 1. The number of allylic oxidation sites excluding steroid dienone is 1. The summed E-state index contributed by atoms with van der Waals surface area (Å²) in [7, 11) is 1.52. The fourth-order valence-electron chi connectivity index (χ4n) is 15.0. The minimum absolute atomic E-state index is 0.00220. The number of aromatic amines is 2. The van der Waals surface area contributed by atoms with E-state index in [1.165, 1.54) is 13.2 Å². The van der Waals surface area contributed by atoms with Gasteiger partial charge in [-0.1, -0.05) is 42.2 Å². The number of hydrogen-bond acceptors (Lipinski definition) is 12. The average molecular weight is 1050 g/mol. The Morgan fingerprint density at radius 2 is 1.83 bits per heavy atom. The van der Waals surface area contributed by atoms with E-state index in [4.69, 9.17) is 14.2 Å². The van der Waals surface area contributed by atoms with Crippen molar-refractivity contribution in [1.29, 1.82) is 0 Å². The molecule has 4 heterocycles. The number of phenolic OH excluding ortho intramolecular Hbond substituents is 2. The number of cyclic esters (lactones) is 1. The van der Waals surface area contributed by atoms with Gasteiger partial charge in [-0.2, -0.15) is 0 Å². The Hall–Kier alpha value is -6.83. The highest BCUT2D eigenvalue weighted by atomic mass is 16.5. The fourth-order valence-corrected chi connectivity index (χ4v) is 15.0. The molecular weight excluding hydrogens is 977 g/mol. The molecule has 15 heteroatoms. The molecule has 1 aliphatic heterocycles. The van der Waals surface area contributed by atoms with Crippen LogP contribution in [0.25, 0.3) is 27.5 Å². The van der Waals surface area contributed by atoms with Crippen molar-refractivity contribution in [3.8, 4) is 34.8 Å². The van der Waals surface area contributed by atoms with Crippen molar-refractivity contribution in [3.63, 3.8) is 0 Å². The largest absolute Gasteiger partial charge is 0.504 e. The van der Waals surface area contributed by atoms with Gasteiger partial charge in [0.25, 0.3) is 0 Å². The van der Waals surface area contributed by atoms with Gasteiger partial charge in [0.1, 0.15) is 31.2 Å². The molecule has 8 N–H and O–H groups in total. The predicted molar refractivity (Wildman–Crippen MR) is 290 cm³/mol. The summed E-state index contributed by atoms with van der Waals surface area (Å²) in [5.41, 5.74) is 6.69.